The number of nitrogens with two attached hydrogens (primary N) is 1. The molecule has 1 fully saturated rings. The molecule has 0 atom stereocenters. The van der Waals surface area contributed by atoms with Crippen molar-refractivity contribution in [1.29, 1.82) is 0 Å². The second kappa shape index (κ2) is 4.24. The highest BCUT2D eigenvalue weighted by Gasteiger charge is 2.22. The quantitative estimate of drug-likeness (QED) is 0.856. The number of anilines is 1. The molecule has 0 bridgehead atoms. The molecule has 3 rings (SSSR count). The Morgan fingerprint density at radius 1 is 1.12 bits per heavy atom. The number of rotatable bonds is 2. The minimum absolute atomic E-state index is 0.569. The Morgan fingerprint density at radius 3 is 2.53 bits per heavy atom. The van der Waals surface area contributed by atoms with Gasteiger partial charge in [-0.3, -0.25) is 0 Å². The molecule has 2 N–H and O–H groups in total. The summed E-state index contributed by atoms with van der Waals surface area (Å²) >= 11 is 0. The topological polar surface area (TPSA) is 43.8 Å². The molecule has 1 aliphatic rings. The Hall–Kier alpha value is -1.77. The number of nitrogens with zero attached hydrogens (tertiary/aromatic N) is 2. The molecule has 0 amide bonds. The molecule has 2 aromatic rings. The van der Waals surface area contributed by atoms with Crippen LogP contribution in [-0.4, -0.2) is 9.78 Å². The van der Waals surface area contributed by atoms with Gasteiger partial charge in [0.25, 0.3) is 0 Å². The molecule has 0 unspecified atom stereocenters. The average molecular weight is 227 g/mol. The molecule has 3 heteroatoms. The van der Waals surface area contributed by atoms with E-state index in [0.29, 0.717) is 5.92 Å². The number of hydrogen-bond donors (Lipinski definition) is 1. The molecular weight excluding hydrogens is 210 g/mol. The highest BCUT2D eigenvalue weighted by molar-refractivity contribution is 5.46. The Morgan fingerprint density at radius 2 is 1.82 bits per heavy atom. The van der Waals surface area contributed by atoms with Crippen molar-refractivity contribution in [1.82, 2.24) is 9.78 Å². The van der Waals surface area contributed by atoms with Gasteiger partial charge in [0.1, 0.15) is 0 Å². The van der Waals surface area contributed by atoms with Crippen molar-refractivity contribution in [2.75, 3.05) is 5.73 Å². The van der Waals surface area contributed by atoms with Gasteiger partial charge in [0, 0.05) is 5.92 Å². The summed E-state index contributed by atoms with van der Waals surface area (Å²) in [7, 11) is 0. The van der Waals surface area contributed by atoms with E-state index in [1.54, 1.807) is 0 Å². The number of benzene rings is 1. The number of para-hydroxylation sites is 1. The monoisotopic (exact) mass is 227 g/mol. The van der Waals surface area contributed by atoms with Crippen LogP contribution in [0.15, 0.2) is 36.5 Å². The van der Waals surface area contributed by atoms with E-state index in [9.17, 15) is 0 Å². The van der Waals surface area contributed by atoms with Gasteiger partial charge in [-0.2, -0.15) is 5.10 Å². The summed E-state index contributed by atoms with van der Waals surface area (Å²) in [4.78, 5) is 0. The van der Waals surface area contributed by atoms with Gasteiger partial charge in [-0.15, -0.1) is 0 Å². The van der Waals surface area contributed by atoms with E-state index < -0.39 is 0 Å². The Balaban J connectivity index is 1.95. The van der Waals surface area contributed by atoms with E-state index in [1.165, 1.54) is 25.7 Å². The van der Waals surface area contributed by atoms with Crippen LogP contribution < -0.4 is 5.73 Å². The molecule has 0 spiro atoms. The molecule has 17 heavy (non-hydrogen) atoms. The first kappa shape index (κ1) is 10.4. The average Bonchev–Trinajstić information content (AvgIpc) is 2.99. The lowest BCUT2D eigenvalue weighted by Crippen LogP contribution is -1.99. The van der Waals surface area contributed by atoms with E-state index in [-0.39, 0.29) is 0 Å². The van der Waals surface area contributed by atoms with Gasteiger partial charge in [-0.1, -0.05) is 31.0 Å². The van der Waals surface area contributed by atoms with E-state index in [1.807, 2.05) is 41.2 Å². The van der Waals surface area contributed by atoms with Gasteiger partial charge >= 0.3 is 0 Å². The van der Waals surface area contributed by atoms with Crippen LogP contribution in [0.25, 0.3) is 5.69 Å². The first-order valence-electron chi connectivity index (χ1n) is 6.25. The number of hydrogen-bond acceptors (Lipinski definition) is 2. The summed E-state index contributed by atoms with van der Waals surface area (Å²) in [5, 5.41) is 4.65. The van der Waals surface area contributed by atoms with E-state index >= 15 is 0 Å². The molecule has 1 aliphatic carbocycles. The van der Waals surface area contributed by atoms with Crippen molar-refractivity contribution in [2.45, 2.75) is 31.6 Å². The maximum absolute atomic E-state index is 6.08. The zero-order valence-electron chi connectivity index (χ0n) is 9.84. The third-order valence-corrected chi connectivity index (χ3v) is 3.54. The zero-order chi connectivity index (χ0) is 11.7. The molecular formula is C14H17N3. The zero-order valence-corrected chi connectivity index (χ0v) is 9.84. The Kier molecular flexibility index (Phi) is 2.59. The summed E-state index contributed by atoms with van der Waals surface area (Å²) in [6.45, 7) is 0. The molecule has 3 nitrogen and oxygen atoms in total. The Bertz CT molecular complexity index is 495. The molecule has 0 aliphatic heterocycles. The van der Waals surface area contributed by atoms with Gasteiger partial charge in [0.2, 0.25) is 0 Å². The maximum Gasteiger partial charge on any atom is 0.0889 e. The van der Waals surface area contributed by atoms with Crippen LogP contribution in [-0.2, 0) is 0 Å². The largest absolute Gasteiger partial charge is 0.396 e. The predicted octanol–water partition coefficient (Wildman–Crippen LogP) is 3.11. The fourth-order valence-electron chi connectivity index (χ4n) is 2.63. The van der Waals surface area contributed by atoms with Crippen molar-refractivity contribution in [2.24, 2.45) is 0 Å². The molecule has 1 aromatic carbocycles. The third-order valence-electron chi connectivity index (χ3n) is 3.54. The summed E-state index contributed by atoms with van der Waals surface area (Å²) in [6, 6.07) is 10.1. The van der Waals surface area contributed by atoms with Crippen LogP contribution in [0.1, 0.15) is 37.3 Å². The summed E-state index contributed by atoms with van der Waals surface area (Å²) in [5.41, 5.74) is 9.07. The third kappa shape index (κ3) is 1.93. The van der Waals surface area contributed by atoms with Crippen molar-refractivity contribution >= 4 is 5.69 Å². The van der Waals surface area contributed by atoms with Crippen LogP contribution in [0.4, 0.5) is 5.69 Å². The molecule has 0 radical (unpaired) electrons. The van der Waals surface area contributed by atoms with Crippen molar-refractivity contribution in [3.05, 3.63) is 42.2 Å². The standard InChI is InChI=1S/C14H17N3/c15-13-10-17(12-8-2-1-3-9-12)16-14(13)11-6-4-5-7-11/h1-3,8-11H,4-7,15H2. The van der Waals surface area contributed by atoms with Gasteiger partial charge in [-0.25, -0.2) is 4.68 Å². The summed E-state index contributed by atoms with van der Waals surface area (Å²) in [6.07, 6.45) is 7.01. The maximum atomic E-state index is 6.08. The van der Waals surface area contributed by atoms with Gasteiger partial charge in [0.15, 0.2) is 0 Å². The Labute approximate surface area is 101 Å². The van der Waals surface area contributed by atoms with Crippen LogP contribution in [0.5, 0.6) is 0 Å². The van der Waals surface area contributed by atoms with Crippen LogP contribution >= 0.6 is 0 Å². The van der Waals surface area contributed by atoms with Crippen LogP contribution in [0.2, 0.25) is 0 Å². The van der Waals surface area contributed by atoms with Gasteiger partial charge in [0.05, 0.1) is 23.3 Å². The summed E-state index contributed by atoms with van der Waals surface area (Å²) < 4.78 is 1.89. The first-order chi connectivity index (χ1) is 8.34. The van der Waals surface area contributed by atoms with E-state index in [2.05, 4.69) is 5.10 Å². The molecule has 1 aromatic heterocycles. The lowest BCUT2D eigenvalue weighted by Gasteiger charge is -2.05. The SMILES string of the molecule is Nc1cn(-c2ccccc2)nc1C1CCCC1. The lowest BCUT2D eigenvalue weighted by atomic mass is 10.0. The minimum Gasteiger partial charge on any atom is -0.396 e. The number of aromatic nitrogens is 2. The smallest absolute Gasteiger partial charge is 0.0889 e. The predicted molar refractivity (Wildman–Crippen MR) is 69.2 cm³/mol. The van der Waals surface area contributed by atoms with Crippen LogP contribution in [0.3, 0.4) is 0 Å². The van der Waals surface area contributed by atoms with Crippen molar-refractivity contribution < 1.29 is 0 Å². The van der Waals surface area contributed by atoms with Gasteiger partial charge < -0.3 is 5.73 Å². The fourth-order valence-corrected chi connectivity index (χ4v) is 2.63. The minimum atomic E-state index is 0.569. The van der Waals surface area contributed by atoms with Crippen molar-refractivity contribution in [3.8, 4) is 5.69 Å². The highest BCUT2D eigenvalue weighted by atomic mass is 15.3. The highest BCUT2D eigenvalue weighted by Crippen LogP contribution is 2.36. The second-order valence-corrected chi connectivity index (χ2v) is 4.73. The van der Waals surface area contributed by atoms with Crippen molar-refractivity contribution in [3.63, 3.8) is 0 Å². The molecule has 0 saturated heterocycles. The second-order valence-electron chi connectivity index (χ2n) is 4.73. The van der Waals surface area contributed by atoms with E-state index in [4.69, 9.17) is 5.73 Å². The fraction of sp³-hybridized carbons (Fsp3) is 0.357. The lowest BCUT2D eigenvalue weighted by molar-refractivity contribution is 0.680. The molecule has 1 heterocycles. The normalized spacial score (nSPS) is 16.5. The molecule has 1 saturated carbocycles. The van der Waals surface area contributed by atoms with E-state index in [0.717, 1.165) is 17.1 Å². The van der Waals surface area contributed by atoms with Crippen LogP contribution in [0, 0.1) is 0 Å². The number of nitrogen functional groups attached to an aromatic ring is 1. The first-order valence-corrected chi connectivity index (χ1v) is 6.25. The summed E-state index contributed by atoms with van der Waals surface area (Å²) in [5.74, 6) is 0.569. The molecule has 88 valence electrons. The van der Waals surface area contributed by atoms with Gasteiger partial charge in [-0.05, 0) is 25.0 Å².